The van der Waals surface area contributed by atoms with Crippen LogP contribution in [0.25, 0.3) is 0 Å². The van der Waals surface area contributed by atoms with Crippen molar-refractivity contribution < 1.29 is 19.0 Å². The van der Waals surface area contributed by atoms with Crippen LogP contribution in [0.2, 0.25) is 5.28 Å². The molecule has 25 heavy (non-hydrogen) atoms. The first-order chi connectivity index (χ1) is 11.6. The Morgan fingerprint density at radius 1 is 1.52 bits per heavy atom. The number of aromatic nitrogens is 2. The number of halogens is 2. The van der Waals surface area contributed by atoms with Crippen molar-refractivity contribution in [3.8, 4) is 11.8 Å². The van der Waals surface area contributed by atoms with Crippen LogP contribution in [0.1, 0.15) is 37.0 Å². The maximum absolute atomic E-state index is 12.9. The van der Waals surface area contributed by atoms with Gasteiger partial charge in [0, 0.05) is 7.11 Å². The summed E-state index contributed by atoms with van der Waals surface area (Å²) in [5.74, 6) is 3.89. The van der Waals surface area contributed by atoms with Gasteiger partial charge in [-0.05, 0) is 49.9 Å². The van der Waals surface area contributed by atoms with Gasteiger partial charge in [0.2, 0.25) is 5.28 Å². The highest BCUT2D eigenvalue weighted by atomic mass is 35.5. The number of carboxylic acids is 1. The van der Waals surface area contributed by atoms with Crippen LogP contribution in [0.5, 0.6) is 0 Å². The van der Waals surface area contributed by atoms with Gasteiger partial charge in [0.25, 0.3) is 0 Å². The molecule has 0 bridgehead atoms. The largest absolute Gasteiger partial charge is 0.476 e. The number of nitrogens with zero attached hydrogens (tertiary/aromatic N) is 2. The minimum absolute atomic E-state index is 0.0308. The van der Waals surface area contributed by atoms with Crippen molar-refractivity contribution in [2.45, 2.75) is 32.9 Å². The molecular formula is C18H20ClFN2O3. The quantitative estimate of drug-likeness (QED) is 0.610. The number of imidazole rings is 1. The Balaban J connectivity index is 3.39. The van der Waals surface area contributed by atoms with Gasteiger partial charge in [0.1, 0.15) is 11.3 Å². The normalized spacial score (nSPS) is 12.6. The molecule has 0 aromatic carbocycles. The van der Waals surface area contributed by atoms with Crippen LogP contribution in [0.3, 0.4) is 0 Å². The summed E-state index contributed by atoms with van der Waals surface area (Å²) < 4.78 is 19.3. The van der Waals surface area contributed by atoms with Crippen molar-refractivity contribution >= 4 is 17.6 Å². The van der Waals surface area contributed by atoms with E-state index in [9.17, 15) is 14.3 Å². The first-order valence-corrected chi connectivity index (χ1v) is 7.72. The molecule has 0 aliphatic heterocycles. The smallest absolute Gasteiger partial charge is 0.355 e. The number of carbonyl (C=O) groups is 1. The van der Waals surface area contributed by atoms with Gasteiger partial charge < -0.3 is 14.4 Å². The van der Waals surface area contributed by atoms with Crippen LogP contribution in [0.15, 0.2) is 36.2 Å². The van der Waals surface area contributed by atoms with Gasteiger partial charge in [-0.15, -0.1) is 0 Å². The second-order valence-corrected chi connectivity index (χ2v) is 5.97. The molecule has 5 nitrogen and oxygen atoms in total. The van der Waals surface area contributed by atoms with Crippen molar-refractivity contribution in [1.29, 1.82) is 0 Å². The zero-order valence-corrected chi connectivity index (χ0v) is 15.3. The number of hydrogen-bond donors (Lipinski definition) is 1. The number of methoxy groups -OCH3 is 1. The van der Waals surface area contributed by atoms with Gasteiger partial charge in [-0.2, -0.15) is 0 Å². The van der Waals surface area contributed by atoms with Crippen LogP contribution in [0.4, 0.5) is 4.39 Å². The van der Waals surface area contributed by atoms with Crippen molar-refractivity contribution in [1.82, 2.24) is 9.55 Å². The molecular weight excluding hydrogens is 347 g/mol. The number of hydrogen-bond acceptors (Lipinski definition) is 3. The van der Waals surface area contributed by atoms with E-state index in [1.807, 2.05) is 0 Å². The van der Waals surface area contributed by atoms with E-state index in [2.05, 4.69) is 23.4 Å². The van der Waals surface area contributed by atoms with E-state index in [-0.39, 0.29) is 29.0 Å². The number of ether oxygens (including phenoxy) is 1. The molecule has 0 saturated carbocycles. The third kappa shape index (κ3) is 5.89. The molecule has 0 amide bonds. The van der Waals surface area contributed by atoms with Gasteiger partial charge in [-0.3, -0.25) is 0 Å². The lowest BCUT2D eigenvalue weighted by Gasteiger charge is -2.13. The predicted molar refractivity (Wildman–Crippen MR) is 95.3 cm³/mol. The lowest BCUT2D eigenvalue weighted by atomic mass is 10.1. The fraction of sp³-hybridized carbons (Fsp3) is 0.333. The van der Waals surface area contributed by atoms with Crippen LogP contribution < -0.4 is 0 Å². The van der Waals surface area contributed by atoms with E-state index in [1.165, 1.54) is 36.8 Å². The fourth-order valence-electron chi connectivity index (χ4n) is 1.72. The Labute approximate surface area is 151 Å². The SMILES string of the molecule is C=C/C(=C\C=C(/C)F)Cn1c(Cl)nc(C#CC(C)(C)OC)c1C(=O)O. The molecule has 1 N–H and O–H groups in total. The molecule has 0 aliphatic carbocycles. The maximum atomic E-state index is 12.9. The average Bonchev–Trinajstić information content (AvgIpc) is 2.85. The Hall–Kier alpha value is -2.36. The summed E-state index contributed by atoms with van der Waals surface area (Å²) >= 11 is 6.08. The molecule has 7 heteroatoms. The Bertz CT molecular complexity index is 791. The highest BCUT2D eigenvalue weighted by molar-refractivity contribution is 6.28. The van der Waals surface area contributed by atoms with Gasteiger partial charge in [0.05, 0.1) is 12.4 Å². The molecule has 0 saturated heterocycles. The summed E-state index contributed by atoms with van der Waals surface area (Å²) in [7, 11) is 1.50. The van der Waals surface area contributed by atoms with Crippen molar-refractivity contribution in [3.63, 3.8) is 0 Å². The molecule has 0 radical (unpaired) electrons. The Kier molecular flexibility index (Phi) is 7.16. The molecule has 0 atom stereocenters. The maximum Gasteiger partial charge on any atom is 0.355 e. The molecule has 0 spiro atoms. The van der Waals surface area contributed by atoms with Crippen molar-refractivity contribution in [2.24, 2.45) is 0 Å². The lowest BCUT2D eigenvalue weighted by Crippen LogP contribution is -2.19. The Morgan fingerprint density at radius 3 is 2.64 bits per heavy atom. The molecule has 0 unspecified atom stereocenters. The van der Waals surface area contributed by atoms with Crippen molar-refractivity contribution in [2.75, 3.05) is 7.11 Å². The summed E-state index contributed by atoms with van der Waals surface area (Å²) in [4.78, 5) is 15.7. The van der Waals surface area contributed by atoms with E-state index >= 15 is 0 Å². The number of allylic oxidation sites excluding steroid dienone is 5. The summed E-state index contributed by atoms with van der Waals surface area (Å²) in [5.41, 5.74) is -0.321. The fourth-order valence-corrected chi connectivity index (χ4v) is 1.95. The van der Waals surface area contributed by atoms with Crippen LogP contribution in [-0.4, -0.2) is 33.3 Å². The van der Waals surface area contributed by atoms with Gasteiger partial charge in [-0.25, -0.2) is 14.2 Å². The molecule has 1 aromatic rings. The zero-order chi connectivity index (χ0) is 19.2. The molecule has 1 aromatic heterocycles. The van der Waals surface area contributed by atoms with Crippen molar-refractivity contribution in [3.05, 3.63) is 52.9 Å². The second-order valence-electron chi connectivity index (χ2n) is 5.63. The summed E-state index contributed by atoms with van der Waals surface area (Å²) in [6.45, 7) is 8.48. The highest BCUT2D eigenvalue weighted by Crippen LogP contribution is 2.19. The minimum Gasteiger partial charge on any atom is -0.476 e. The monoisotopic (exact) mass is 366 g/mol. The summed E-state index contributed by atoms with van der Waals surface area (Å²) in [6, 6.07) is 0. The van der Waals surface area contributed by atoms with E-state index < -0.39 is 11.6 Å². The van der Waals surface area contributed by atoms with Crippen LogP contribution in [-0.2, 0) is 11.3 Å². The first-order valence-electron chi connectivity index (χ1n) is 7.34. The molecule has 134 valence electrons. The lowest BCUT2D eigenvalue weighted by molar-refractivity contribution is 0.0684. The van der Waals surface area contributed by atoms with Crippen LogP contribution >= 0.6 is 11.6 Å². The van der Waals surface area contributed by atoms with E-state index in [0.717, 1.165) is 0 Å². The number of aromatic carboxylic acids is 1. The third-order valence-corrected chi connectivity index (χ3v) is 3.53. The standard InChI is InChI=1S/C18H20ClFN2O3/c1-6-13(8-7-12(2)20)11-22-15(16(23)24)14(21-17(22)19)9-10-18(3,4)25-5/h6-8H,1,11H2,2-5H3,(H,23,24)/b12-7+,13-8+. The number of carboxylic acid groups (broad SMARTS) is 1. The summed E-state index contributed by atoms with van der Waals surface area (Å²) in [5, 5.41) is 9.48. The van der Waals surface area contributed by atoms with E-state index in [4.69, 9.17) is 16.3 Å². The van der Waals surface area contributed by atoms with E-state index in [1.54, 1.807) is 13.8 Å². The molecule has 1 rings (SSSR count). The molecule has 1 heterocycles. The highest BCUT2D eigenvalue weighted by Gasteiger charge is 2.22. The number of rotatable bonds is 6. The predicted octanol–water partition coefficient (Wildman–Crippen LogP) is 4.00. The second kappa shape index (κ2) is 8.65. The average molecular weight is 367 g/mol. The third-order valence-electron chi connectivity index (χ3n) is 3.25. The topological polar surface area (TPSA) is 64.4 Å². The van der Waals surface area contributed by atoms with Gasteiger partial charge in [-0.1, -0.05) is 24.7 Å². The van der Waals surface area contributed by atoms with Gasteiger partial charge >= 0.3 is 5.97 Å². The first kappa shape index (κ1) is 20.7. The van der Waals surface area contributed by atoms with Crippen LogP contribution in [0, 0.1) is 11.8 Å². The van der Waals surface area contributed by atoms with E-state index in [0.29, 0.717) is 5.57 Å². The molecule has 0 fully saturated rings. The summed E-state index contributed by atoms with van der Waals surface area (Å²) in [6.07, 6.45) is 4.23. The Morgan fingerprint density at radius 2 is 2.16 bits per heavy atom. The zero-order valence-electron chi connectivity index (χ0n) is 14.6. The minimum atomic E-state index is -1.22. The van der Waals surface area contributed by atoms with Gasteiger partial charge in [0.15, 0.2) is 5.69 Å². The molecule has 0 aliphatic rings.